The van der Waals surface area contributed by atoms with E-state index in [1.807, 2.05) is 0 Å². The lowest BCUT2D eigenvalue weighted by Crippen LogP contribution is -1.85. The van der Waals surface area contributed by atoms with Crippen molar-refractivity contribution in [1.82, 2.24) is 0 Å². The van der Waals surface area contributed by atoms with Crippen LogP contribution < -0.4 is 3.83 Å². The van der Waals surface area contributed by atoms with Crippen LogP contribution in [0.2, 0.25) is 0 Å². The molecule has 0 aromatic heterocycles. The van der Waals surface area contributed by atoms with Crippen LogP contribution in [0.4, 0.5) is 4.39 Å². The molecule has 0 unspecified atom stereocenters. The van der Waals surface area contributed by atoms with Crippen molar-refractivity contribution in [1.29, 1.82) is 0 Å². The minimum Gasteiger partial charge on any atom is -0.416 e. The first kappa shape index (κ1) is 9.00. The number of hydrogen-bond acceptors (Lipinski definition) is 1. The van der Waals surface area contributed by atoms with Crippen molar-refractivity contribution in [2.24, 2.45) is 0 Å². The Morgan fingerprint density at radius 2 is 2.18 bits per heavy atom. The van der Waals surface area contributed by atoms with E-state index < -0.39 is 6.67 Å². The predicted molar refractivity (Wildman–Crippen MR) is 48.5 cm³/mol. The highest BCUT2D eigenvalue weighted by atomic mass is 79.9. The Balaban J connectivity index is 3.13. The molecule has 0 spiro atoms. The Labute approximate surface area is 81.1 Å². The van der Waals surface area contributed by atoms with Gasteiger partial charge in [0.15, 0.2) is 22.0 Å². The Hall–Kier alpha value is -0.0900. The highest BCUT2D eigenvalue weighted by molar-refractivity contribution is 9.10. The molecule has 1 aromatic rings. The van der Waals surface area contributed by atoms with Gasteiger partial charge >= 0.3 is 0 Å². The van der Waals surface area contributed by atoms with Gasteiger partial charge in [0, 0.05) is 5.56 Å². The summed E-state index contributed by atoms with van der Waals surface area (Å²) in [6.45, 7) is -0.527. The van der Waals surface area contributed by atoms with Gasteiger partial charge < -0.3 is 3.83 Å². The molecular formula is C7H5Br2FO. The van der Waals surface area contributed by atoms with Gasteiger partial charge in [-0.05, 0) is 22.0 Å². The van der Waals surface area contributed by atoms with Crippen LogP contribution in [0.15, 0.2) is 22.7 Å². The van der Waals surface area contributed by atoms with E-state index in [9.17, 15) is 4.39 Å². The second-order valence-electron chi connectivity index (χ2n) is 1.94. The molecule has 0 N–H and O–H groups in total. The summed E-state index contributed by atoms with van der Waals surface area (Å²) in [6.07, 6.45) is 0. The number of halogens is 3. The van der Waals surface area contributed by atoms with Crippen LogP contribution in [-0.4, -0.2) is 0 Å². The molecule has 4 heteroatoms. The quantitative estimate of drug-likeness (QED) is 0.806. The molecule has 1 aromatic carbocycles. The Kier molecular flexibility index (Phi) is 3.33. The molecule has 0 heterocycles. The van der Waals surface area contributed by atoms with Crippen molar-refractivity contribution in [3.8, 4) is 5.75 Å². The largest absolute Gasteiger partial charge is 0.416 e. The fourth-order valence-corrected chi connectivity index (χ4v) is 1.83. The average Bonchev–Trinajstić information content (AvgIpc) is 2.04. The first-order valence-corrected chi connectivity index (χ1v) is 4.35. The average molecular weight is 284 g/mol. The molecule has 0 aliphatic rings. The summed E-state index contributed by atoms with van der Waals surface area (Å²) in [5.41, 5.74) is 0.524. The fraction of sp³-hybridized carbons (Fsp3) is 0.143. The zero-order chi connectivity index (χ0) is 8.27. The standard InChI is InChI=1S/C7H5Br2FO/c8-6-3-1-2-5(4-10)7(6)11-9/h1-3H,4H2. The second kappa shape index (κ2) is 4.07. The molecule has 1 rings (SSSR count). The maximum atomic E-state index is 12.2. The summed E-state index contributed by atoms with van der Waals surface area (Å²) >= 11 is 6.03. The van der Waals surface area contributed by atoms with Crippen LogP contribution in [0.5, 0.6) is 5.75 Å². The van der Waals surface area contributed by atoms with Crippen LogP contribution >= 0.6 is 32.2 Å². The molecule has 60 valence electrons. The van der Waals surface area contributed by atoms with E-state index in [0.29, 0.717) is 11.3 Å². The van der Waals surface area contributed by atoms with Crippen LogP contribution in [-0.2, 0) is 6.67 Å². The molecule has 0 amide bonds. The first-order valence-electron chi connectivity index (χ1n) is 2.91. The van der Waals surface area contributed by atoms with E-state index in [1.54, 1.807) is 18.2 Å². The van der Waals surface area contributed by atoms with Crippen molar-refractivity contribution in [3.05, 3.63) is 28.2 Å². The van der Waals surface area contributed by atoms with E-state index in [4.69, 9.17) is 3.83 Å². The Morgan fingerprint density at radius 1 is 1.45 bits per heavy atom. The monoisotopic (exact) mass is 282 g/mol. The molecule has 1 nitrogen and oxygen atoms in total. The number of alkyl halides is 1. The number of benzene rings is 1. The van der Waals surface area contributed by atoms with E-state index in [0.717, 1.165) is 4.47 Å². The molecule has 0 aliphatic heterocycles. The van der Waals surface area contributed by atoms with Crippen molar-refractivity contribution < 1.29 is 8.22 Å². The molecule has 11 heavy (non-hydrogen) atoms. The van der Waals surface area contributed by atoms with Crippen molar-refractivity contribution >= 4 is 32.2 Å². The van der Waals surface area contributed by atoms with Gasteiger partial charge in [-0.15, -0.1) is 0 Å². The maximum Gasteiger partial charge on any atom is 0.179 e. The third-order valence-electron chi connectivity index (χ3n) is 1.27. The van der Waals surface area contributed by atoms with Gasteiger partial charge in [0.2, 0.25) is 0 Å². The van der Waals surface area contributed by atoms with Gasteiger partial charge in [0.05, 0.1) is 4.47 Å². The third kappa shape index (κ3) is 1.93. The summed E-state index contributed by atoms with van der Waals surface area (Å²) < 4.78 is 17.8. The third-order valence-corrected chi connectivity index (χ3v) is 2.22. The highest BCUT2D eigenvalue weighted by Gasteiger charge is 2.05. The van der Waals surface area contributed by atoms with Gasteiger partial charge in [-0.3, -0.25) is 0 Å². The summed E-state index contributed by atoms with van der Waals surface area (Å²) in [5.74, 6) is 0.495. The summed E-state index contributed by atoms with van der Waals surface area (Å²) in [6, 6.07) is 5.21. The molecule has 0 atom stereocenters. The topological polar surface area (TPSA) is 9.23 Å². The number of rotatable bonds is 2. The summed E-state index contributed by atoms with van der Waals surface area (Å²) in [5, 5.41) is 0. The van der Waals surface area contributed by atoms with Crippen molar-refractivity contribution in [3.63, 3.8) is 0 Å². The number of para-hydroxylation sites is 1. The first-order chi connectivity index (χ1) is 5.29. The van der Waals surface area contributed by atoms with Crippen LogP contribution in [0.3, 0.4) is 0 Å². The van der Waals surface area contributed by atoms with E-state index in [2.05, 4.69) is 32.2 Å². The predicted octanol–water partition coefficient (Wildman–Crippen LogP) is 3.61. The minimum atomic E-state index is -0.527. The smallest absolute Gasteiger partial charge is 0.179 e. The molecule has 0 aliphatic carbocycles. The summed E-state index contributed by atoms with van der Waals surface area (Å²) in [7, 11) is 0. The minimum absolute atomic E-state index is 0.495. The highest BCUT2D eigenvalue weighted by Crippen LogP contribution is 2.30. The van der Waals surface area contributed by atoms with Crippen LogP contribution in [0, 0.1) is 0 Å². The Bertz CT molecular complexity index is 252. The molecular weight excluding hydrogens is 279 g/mol. The van der Waals surface area contributed by atoms with E-state index in [1.165, 1.54) is 0 Å². The SMILES string of the molecule is FCc1cccc(Br)c1OBr. The van der Waals surface area contributed by atoms with Crippen molar-refractivity contribution in [2.45, 2.75) is 6.67 Å². The van der Waals surface area contributed by atoms with Gasteiger partial charge in [0.25, 0.3) is 0 Å². The lowest BCUT2D eigenvalue weighted by Gasteiger charge is -2.03. The van der Waals surface area contributed by atoms with Gasteiger partial charge in [-0.2, -0.15) is 0 Å². The van der Waals surface area contributed by atoms with Crippen LogP contribution in [0.1, 0.15) is 5.56 Å². The zero-order valence-corrected chi connectivity index (χ0v) is 8.65. The van der Waals surface area contributed by atoms with E-state index >= 15 is 0 Å². The lowest BCUT2D eigenvalue weighted by molar-refractivity contribution is 0.475. The second-order valence-corrected chi connectivity index (χ2v) is 3.12. The normalized spacial score (nSPS) is 9.73. The van der Waals surface area contributed by atoms with Crippen molar-refractivity contribution in [2.75, 3.05) is 0 Å². The number of hydrogen-bond donors (Lipinski definition) is 0. The maximum absolute atomic E-state index is 12.2. The van der Waals surface area contributed by atoms with Gasteiger partial charge in [-0.1, -0.05) is 12.1 Å². The van der Waals surface area contributed by atoms with Crippen LogP contribution in [0.25, 0.3) is 0 Å². The molecule has 0 saturated heterocycles. The zero-order valence-electron chi connectivity index (χ0n) is 5.48. The van der Waals surface area contributed by atoms with Gasteiger partial charge in [-0.25, -0.2) is 4.39 Å². The lowest BCUT2D eigenvalue weighted by atomic mass is 10.2. The molecule has 0 radical (unpaired) electrons. The molecule has 0 bridgehead atoms. The Morgan fingerprint density at radius 3 is 2.64 bits per heavy atom. The molecule has 0 saturated carbocycles. The summed E-state index contributed by atoms with van der Waals surface area (Å²) in [4.78, 5) is 0. The van der Waals surface area contributed by atoms with Gasteiger partial charge in [0.1, 0.15) is 6.67 Å². The van der Waals surface area contributed by atoms with E-state index in [-0.39, 0.29) is 0 Å². The fourth-order valence-electron chi connectivity index (χ4n) is 0.745. The molecule has 0 fully saturated rings.